The lowest BCUT2D eigenvalue weighted by Crippen LogP contribution is -2.36. The van der Waals surface area contributed by atoms with E-state index in [-0.39, 0.29) is 0 Å². The summed E-state index contributed by atoms with van der Waals surface area (Å²) in [5, 5.41) is 21.6. The summed E-state index contributed by atoms with van der Waals surface area (Å²) in [5.41, 5.74) is 4.82. The van der Waals surface area contributed by atoms with E-state index < -0.39 is 11.7 Å². The first-order chi connectivity index (χ1) is 12.7. The molecule has 0 spiro atoms. The zero-order valence-electron chi connectivity index (χ0n) is 14.3. The monoisotopic (exact) mass is 340 g/mol. The summed E-state index contributed by atoms with van der Waals surface area (Å²) in [5.74, 6) is -2.53. The van der Waals surface area contributed by atoms with Crippen LogP contribution in [-0.2, 0) is 0 Å². The first-order valence-electron chi connectivity index (χ1n) is 8.71. The van der Waals surface area contributed by atoms with Gasteiger partial charge in [-0.1, -0.05) is 97.1 Å². The molecule has 1 aliphatic carbocycles. The number of hydrogen-bond donors (Lipinski definition) is 2. The molecule has 0 heterocycles. The van der Waals surface area contributed by atoms with Crippen LogP contribution in [0.25, 0.3) is 11.1 Å². The van der Waals surface area contributed by atoms with Crippen molar-refractivity contribution in [1.82, 2.24) is 0 Å². The van der Waals surface area contributed by atoms with Crippen molar-refractivity contribution >= 4 is 11.1 Å². The van der Waals surface area contributed by atoms with E-state index in [9.17, 15) is 10.2 Å². The highest BCUT2D eigenvalue weighted by molar-refractivity contribution is 5.99. The van der Waals surface area contributed by atoms with Crippen LogP contribution >= 0.6 is 0 Å². The molecule has 0 radical (unpaired) electrons. The molecule has 3 aromatic carbocycles. The summed E-state index contributed by atoms with van der Waals surface area (Å²) in [6.45, 7) is 0. The molecule has 0 fully saturated rings. The lowest BCUT2D eigenvalue weighted by atomic mass is 9.74. The SMILES string of the molecule is OC1(O)C=CC(c2ccccc2)=C(c2ccccc2)C1c1ccccc1. The molecule has 4 rings (SSSR count). The molecule has 26 heavy (non-hydrogen) atoms. The fourth-order valence-corrected chi connectivity index (χ4v) is 3.63. The molecule has 2 heteroatoms. The standard InChI is InChI=1S/C24H20O2/c25-24(26)17-16-21(18-10-4-1-5-11-18)22(19-12-6-2-7-13-19)23(24)20-14-8-3-9-15-20/h1-17,23,25-26H. The second kappa shape index (κ2) is 6.75. The van der Waals surface area contributed by atoms with Crippen molar-refractivity contribution < 1.29 is 10.2 Å². The van der Waals surface area contributed by atoms with Crippen molar-refractivity contribution in [2.24, 2.45) is 0 Å². The third kappa shape index (κ3) is 3.01. The van der Waals surface area contributed by atoms with E-state index in [1.54, 1.807) is 0 Å². The quantitative estimate of drug-likeness (QED) is 0.682. The van der Waals surface area contributed by atoms with E-state index in [4.69, 9.17) is 0 Å². The normalized spacial score (nSPS) is 18.8. The zero-order chi connectivity index (χ0) is 18.0. The number of benzene rings is 3. The van der Waals surface area contributed by atoms with Crippen molar-refractivity contribution in [2.45, 2.75) is 11.7 Å². The number of aliphatic hydroxyl groups is 2. The topological polar surface area (TPSA) is 40.5 Å². The van der Waals surface area contributed by atoms with E-state index in [2.05, 4.69) is 0 Å². The molecule has 0 aromatic heterocycles. The van der Waals surface area contributed by atoms with Gasteiger partial charge < -0.3 is 10.2 Å². The van der Waals surface area contributed by atoms with E-state index in [1.807, 2.05) is 97.1 Å². The fourth-order valence-electron chi connectivity index (χ4n) is 3.63. The Hall–Kier alpha value is -2.94. The Bertz CT molecular complexity index is 939. The summed E-state index contributed by atoms with van der Waals surface area (Å²) in [6, 6.07) is 29.7. The Labute approximate surface area is 153 Å². The number of rotatable bonds is 3. The van der Waals surface area contributed by atoms with Gasteiger partial charge in [0.2, 0.25) is 0 Å². The Morgan fingerprint density at radius 1 is 0.615 bits per heavy atom. The maximum absolute atomic E-state index is 10.8. The molecular formula is C24H20O2. The summed E-state index contributed by atoms with van der Waals surface area (Å²) >= 11 is 0. The highest BCUT2D eigenvalue weighted by Crippen LogP contribution is 2.47. The fraction of sp³-hybridized carbons (Fsp3) is 0.0833. The van der Waals surface area contributed by atoms with Crippen molar-refractivity contribution in [3.8, 4) is 0 Å². The third-order valence-corrected chi connectivity index (χ3v) is 4.80. The van der Waals surface area contributed by atoms with E-state index in [0.29, 0.717) is 0 Å². The van der Waals surface area contributed by atoms with Gasteiger partial charge >= 0.3 is 0 Å². The Balaban J connectivity index is 2.01. The van der Waals surface area contributed by atoms with Crippen LogP contribution in [-0.4, -0.2) is 16.0 Å². The maximum Gasteiger partial charge on any atom is 0.194 e. The highest BCUT2D eigenvalue weighted by atomic mass is 16.5. The van der Waals surface area contributed by atoms with Crippen molar-refractivity contribution in [2.75, 3.05) is 0 Å². The molecule has 3 aromatic rings. The van der Waals surface area contributed by atoms with Crippen molar-refractivity contribution in [3.05, 3.63) is 120 Å². The molecule has 0 saturated heterocycles. The molecule has 1 atom stereocenters. The average molecular weight is 340 g/mol. The van der Waals surface area contributed by atoms with Gasteiger partial charge in [-0.2, -0.15) is 0 Å². The van der Waals surface area contributed by atoms with Crippen molar-refractivity contribution in [3.63, 3.8) is 0 Å². The molecular weight excluding hydrogens is 320 g/mol. The van der Waals surface area contributed by atoms with Gasteiger partial charge in [0.05, 0.1) is 5.92 Å². The van der Waals surface area contributed by atoms with E-state index in [1.165, 1.54) is 6.08 Å². The summed E-state index contributed by atoms with van der Waals surface area (Å²) in [6.07, 6.45) is 3.30. The second-order valence-corrected chi connectivity index (χ2v) is 6.52. The predicted octanol–water partition coefficient (Wildman–Crippen LogP) is 4.63. The maximum atomic E-state index is 10.8. The van der Waals surface area contributed by atoms with Gasteiger partial charge in [-0.25, -0.2) is 0 Å². The Morgan fingerprint density at radius 2 is 1.12 bits per heavy atom. The summed E-state index contributed by atoms with van der Waals surface area (Å²) in [7, 11) is 0. The Kier molecular flexibility index (Phi) is 4.29. The average Bonchev–Trinajstić information content (AvgIpc) is 2.69. The lowest BCUT2D eigenvalue weighted by molar-refractivity contribution is -0.125. The first-order valence-corrected chi connectivity index (χ1v) is 8.71. The van der Waals surface area contributed by atoms with Gasteiger partial charge in [0.15, 0.2) is 5.79 Å². The minimum atomic E-state index is -1.95. The van der Waals surface area contributed by atoms with Crippen LogP contribution in [0.15, 0.2) is 103 Å². The van der Waals surface area contributed by atoms with Crippen LogP contribution in [0.3, 0.4) is 0 Å². The van der Waals surface area contributed by atoms with Gasteiger partial charge in [-0.05, 0) is 33.9 Å². The summed E-state index contributed by atoms with van der Waals surface area (Å²) in [4.78, 5) is 0. The minimum Gasteiger partial charge on any atom is -0.362 e. The molecule has 0 bridgehead atoms. The van der Waals surface area contributed by atoms with E-state index >= 15 is 0 Å². The minimum absolute atomic E-state index is 0.577. The third-order valence-electron chi connectivity index (χ3n) is 4.80. The molecule has 0 aliphatic heterocycles. The second-order valence-electron chi connectivity index (χ2n) is 6.52. The van der Waals surface area contributed by atoms with Gasteiger partial charge in [0.1, 0.15) is 0 Å². The zero-order valence-corrected chi connectivity index (χ0v) is 14.3. The van der Waals surface area contributed by atoms with Gasteiger partial charge in [-0.15, -0.1) is 0 Å². The largest absolute Gasteiger partial charge is 0.362 e. The molecule has 1 unspecified atom stereocenters. The molecule has 2 N–H and O–H groups in total. The predicted molar refractivity (Wildman–Crippen MR) is 105 cm³/mol. The van der Waals surface area contributed by atoms with Crippen LogP contribution < -0.4 is 0 Å². The molecule has 1 aliphatic rings. The Morgan fingerprint density at radius 3 is 1.69 bits per heavy atom. The van der Waals surface area contributed by atoms with Gasteiger partial charge in [-0.3, -0.25) is 0 Å². The number of allylic oxidation sites excluding steroid dienone is 2. The number of hydrogen-bond acceptors (Lipinski definition) is 2. The molecule has 2 nitrogen and oxygen atoms in total. The summed E-state index contributed by atoms with van der Waals surface area (Å²) < 4.78 is 0. The highest BCUT2D eigenvalue weighted by Gasteiger charge is 2.40. The van der Waals surface area contributed by atoms with Gasteiger partial charge in [0.25, 0.3) is 0 Å². The lowest BCUT2D eigenvalue weighted by Gasteiger charge is -2.36. The molecule has 0 saturated carbocycles. The molecule has 0 amide bonds. The first kappa shape index (κ1) is 16.5. The van der Waals surface area contributed by atoms with Crippen LogP contribution in [0.5, 0.6) is 0 Å². The van der Waals surface area contributed by atoms with Crippen LogP contribution in [0.2, 0.25) is 0 Å². The smallest absolute Gasteiger partial charge is 0.194 e. The van der Waals surface area contributed by atoms with Crippen LogP contribution in [0.4, 0.5) is 0 Å². The van der Waals surface area contributed by atoms with E-state index in [0.717, 1.165) is 27.8 Å². The molecule has 128 valence electrons. The van der Waals surface area contributed by atoms with Crippen LogP contribution in [0, 0.1) is 0 Å². The van der Waals surface area contributed by atoms with Crippen molar-refractivity contribution in [1.29, 1.82) is 0 Å². The van der Waals surface area contributed by atoms with Gasteiger partial charge in [0, 0.05) is 0 Å². The van der Waals surface area contributed by atoms with Crippen LogP contribution in [0.1, 0.15) is 22.6 Å².